The Morgan fingerprint density at radius 1 is 0.929 bits per heavy atom. The maximum atomic E-state index is 11.4. The van der Waals surface area contributed by atoms with Crippen LogP contribution in [0.1, 0.15) is 38.8 Å². The molecule has 2 unspecified atom stereocenters. The summed E-state index contributed by atoms with van der Waals surface area (Å²) in [6.45, 7) is 8.06. The first-order valence-electron chi connectivity index (χ1n) is 12.6. The van der Waals surface area contributed by atoms with Gasteiger partial charge in [-0.1, -0.05) is 125 Å². The summed E-state index contributed by atoms with van der Waals surface area (Å²) in [6, 6.07) is 8.65. The van der Waals surface area contributed by atoms with Crippen molar-refractivity contribution in [3.05, 3.63) is 51.6 Å². The average molecular weight is 1150 g/mol. The van der Waals surface area contributed by atoms with E-state index in [1.54, 1.807) is 14.0 Å². The van der Waals surface area contributed by atoms with Crippen molar-refractivity contribution in [1.29, 1.82) is 0 Å². The molecule has 0 aromatic heterocycles. The van der Waals surface area contributed by atoms with Crippen LogP contribution >= 0.6 is 113 Å². The number of rotatable bonds is 5. The van der Waals surface area contributed by atoms with Crippen molar-refractivity contribution in [1.82, 2.24) is 0 Å². The zero-order chi connectivity index (χ0) is 32.2. The zero-order valence-electron chi connectivity index (χ0n) is 24.1. The minimum atomic E-state index is -0.468. The van der Waals surface area contributed by atoms with Crippen LogP contribution in [0.4, 0.5) is 5.69 Å². The van der Waals surface area contributed by atoms with E-state index < -0.39 is 4.92 Å². The van der Waals surface area contributed by atoms with E-state index in [0.29, 0.717) is 29.5 Å². The molecule has 2 aromatic rings. The van der Waals surface area contributed by atoms with Gasteiger partial charge >= 0.3 is 0 Å². The first-order chi connectivity index (χ1) is 19.5. The van der Waals surface area contributed by atoms with Crippen molar-refractivity contribution in [3.8, 4) is 23.0 Å². The van der Waals surface area contributed by atoms with Crippen LogP contribution in [0.25, 0.3) is 0 Å². The van der Waals surface area contributed by atoms with E-state index >= 15 is 0 Å². The Morgan fingerprint density at radius 3 is 1.83 bits per heavy atom. The standard InChI is InChI=1S/C12H13NO5.C12H14O3.C2H3I3.C2H4I2/c1-7(14)8-5-9-10(13(15)16)3-4-11(17-2)12(9)18-6-8;1-8(13)10-6-9-4-3-5-11(14-2)12(9)15-7-10;1-2(3,4)5;1-2(3)4/h3-4,8H,5-6H2,1-2H3;3-5,10H,6-7H2,1-2H3;1H3;2H,1H3. The van der Waals surface area contributed by atoms with E-state index in [-0.39, 0.29) is 35.7 Å². The normalized spacial score (nSPS) is 16.6. The molecule has 14 heteroatoms. The van der Waals surface area contributed by atoms with Crippen molar-refractivity contribution in [2.45, 2.75) is 41.9 Å². The van der Waals surface area contributed by atoms with Gasteiger partial charge in [0.1, 0.15) is 11.0 Å². The number of nitro benzene ring substituents is 1. The molecular weight excluding hydrogens is 1110 g/mol. The maximum absolute atomic E-state index is 11.4. The number of carbonyl (C=O) groups excluding carboxylic acids is 2. The third-order valence-corrected chi connectivity index (χ3v) is 5.82. The molecule has 42 heavy (non-hydrogen) atoms. The van der Waals surface area contributed by atoms with Crippen molar-refractivity contribution < 1.29 is 33.5 Å². The predicted octanol–water partition coefficient (Wildman–Crippen LogP) is 8.75. The Hall–Kier alpha value is 0.0300. The molecular formula is C28H34I5NO8. The largest absolute Gasteiger partial charge is 0.493 e. The lowest BCUT2D eigenvalue weighted by Gasteiger charge is -2.24. The van der Waals surface area contributed by atoms with E-state index in [0.717, 1.165) is 25.4 Å². The highest BCUT2D eigenvalue weighted by molar-refractivity contribution is 14.3. The maximum Gasteiger partial charge on any atom is 0.276 e. The molecule has 2 aromatic carbocycles. The Morgan fingerprint density at radius 2 is 1.38 bits per heavy atom. The third kappa shape index (κ3) is 14.4. The molecule has 9 nitrogen and oxygen atoms in total. The quantitative estimate of drug-likeness (QED) is 0.127. The lowest BCUT2D eigenvalue weighted by molar-refractivity contribution is -0.385. The first kappa shape index (κ1) is 40.1. The highest BCUT2D eigenvalue weighted by Gasteiger charge is 2.32. The van der Waals surface area contributed by atoms with E-state index in [1.165, 1.54) is 26.2 Å². The predicted molar refractivity (Wildman–Crippen MR) is 207 cm³/mol. The van der Waals surface area contributed by atoms with Crippen LogP contribution in [0.15, 0.2) is 30.3 Å². The van der Waals surface area contributed by atoms with E-state index in [9.17, 15) is 19.7 Å². The molecule has 0 amide bonds. The van der Waals surface area contributed by atoms with Crippen LogP contribution in [-0.4, -0.2) is 45.3 Å². The monoisotopic (exact) mass is 1150 g/mol. The number of nitrogens with zero attached hydrogens (tertiary/aromatic N) is 1. The van der Waals surface area contributed by atoms with Crippen LogP contribution < -0.4 is 18.9 Å². The molecule has 0 fully saturated rings. The summed E-state index contributed by atoms with van der Waals surface area (Å²) in [7, 11) is 3.10. The molecule has 0 radical (unpaired) electrons. The topological polar surface area (TPSA) is 114 Å². The number of carbonyl (C=O) groups is 2. The van der Waals surface area contributed by atoms with Crippen molar-refractivity contribution in [3.63, 3.8) is 0 Å². The highest BCUT2D eigenvalue weighted by Crippen LogP contribution is 2.41. The molecule has 0 saturated heterocycles. The van der Waals surface area contributed by atoms with Crippen LogP contribution in [0.5, 0.6) is 23.0 Å². The van der Waals surface area contributed by atoms with Gasteiger partial charge in [-0.3, -0.25) is 19.7 Å². The van der Waals surface area contributed by atoms with E-state index in [1.807, 2.05) is 18.2 Å². The number of ether oxygens (including phenoxy) is 4. The van der Waals surface area contributed by atoms with Gasteiger partial charge in [0.2, 0.25) is 0 Å². The van der Waals surface area contributed by atoms with Gasteiger partial charge in [-0.2, -0.15) is 0 Å². The number of nitro groups is 1. The molecule has 0 spiro atoms. The van der Waals surface area contributed by atoms with Gasteiger partial charge in [0.15, 0.2) is 23.0 Å². The number of fused-ring (bicyclic) bond motifs is 2. The smallest absolute Gasteiger partial charge is 0.276 e. The minimum Gasteiger partial charge on any atom is -0.493 e. The number of hydrogen-bond donors (Lipinski definition) is 0. The number of para-hydroxylation sites is 1. The molecule has 0 N–H and O–H groups in total. The number of alkyl halides is 5. The number of methoxy groups -OCH3 is 2. The number of hydrogen-bond acceptors (Lipinski definition) is 8. The second kappa shape index (κ2) is 19.5. The van der Waals surface area contributed by atoms with Gasteiger partial charge in [0.05, 0.1) is 51.7 Å². The lowest BCUT2D eigenvalue weighted by Crippen LogP contribution is -2.27. The fourth-order valence-corrected chi connectivity index (χ4v) is 3.85. The van der Waals surface area contributed by atoms with Crippen LogP contribution in [0.3, 0.4) is 0 Å². The fraction of sp³-hybridized carbons (Fsp3) is 0.500. The zero-order valence-corrected chi connectivity index (χ0v) is 34.8. The summed E-state index contributed by atoms with van der Waals surface area (Å²) in [6.07, 6.45) is 1.07. The van der Waals surface area contributed by atoms with E-state index in [4.69, 9.17) is 18.9 Å². The molecule has 234 valence electrons. The number of halogens is 5. The molecule has 2 atom stereocenters. The van der Waals surface area contributed by atoms with Gasteiger partial charge in [0, 0.05) is 6.07 Å². The van der Waals surface area contributed by atoms with Crippen molar-refractivity contribution in [2.24, 2.45) is 11.8 Å². The van der Waals surface area contributed by atoms with Gasteiger partial charge in [-0.05, 0) is 58.2 Å². The highest BCUT2D eigenvalue weighted by atomic mass is 127. The second-order valence-corrected chi connectivity index (χ2v) is 28.0. The Bertz CT molecular complexity index is 1210. The summed E-state index contributed by atoms with van der Waals surface area (Å²) < 4.78 is 22.5. The van der Waals surface area contributed by atoms with Gasteiger partial charge in [-0.25, -0.2) is 0 Å². The van der Waals surface area contributed by atoms with E-state index in [2.05, 4.69) is 127 Å². The average Bonchev–Trinajstić information content (AvgIpc) is 2.90. The van der Waals surface area contributed by atoms with Crippen LogP contribution in [-0.2, 0) is 22.4 Å². The molecule has 0 saturated carbocycles. The number of ketones is 2. The first-order valence-corrected chi connectivity index (χ1v) is 18.3. The second-order valence-electron chi connectivity index (χ2n) is 9.25. The lowest BCUT2D eigenvalue weighted by atomic mass is 9.92. The summed E-state index contributed by atoms with van der Waals surface area (Å²) in [5.41, 5.74) is 1.46. The molecule has 0 bridgehead atoms. The third-order valence-electron chi connectivity index (χ3n) is 5.82. The van der Waals surface area contributed by atoms with Gasteiger partial charge < -0.3 is 18.9 Å². The summed E-state index contributed by atoms with van der Waals surface area (Å²) in [5.74, 6) is 2.18. The Kier molecular flexibility index (Phi) is 18.6. The van der Waals surface area contributed by atoms with Crippen molar-refractivity contribution in [2.75, 3.05) is 27.4 Å². The summed E-state index contributed by atoms with van der Waals surface area (Å²) >= 11 is 11.7. The van der Waals surface area contributed by atoms with Crippen molar-refractivity contribution >= 4 is 130 Å². The van der Waals surface area contributed by atoms with Crippen LogP contribution in [0, 0.1) is 22.0 Å². The van der Waals surface area contributed by atoms with Crippen LogP contribution in [0.2, 0.25) is 0 Å². The van der Waals surface area contributed by atoms with Gasteiger partial charge in [-0.15, -0.1) is 0 Å². The Balaban J connectivity index is 0.000000330. The summed E-state index contributed by atoms with van der Waals surface area (Å²) in [5, 5.41) is 11.0. The SMILES string of the molecule is CC(I)(I)I.CC(I)I.COc1ccc([N+](=O)[O-])c2c1OCC(C(C)=O)C2.COc1cccc2c1OCC(C(C)=O)C2. The van der Waals surface area contributed by atoms with Gasteiger partial charge in [0.25, 0.3) is 5.69 Å². The molecule has 0 aliphatic carbocycles. The summed E-state index contributed by atoms with van der Waals surface area (Å²) in [4.78, 5) is 33.1. The molecule has 2 aliphatic heterocycles. The Labute approximate surface area is 315 Å². The fourth-order valence-electron chi connectivity index (χ4n) is 3.85. The number of Topliss-reactive ketones (excluding diaryl/α,β-unsaturated/α-hetero) is 2. The molecule has 2 aliphatic rings. The molecule has 2 heterocycles. The minimum absolute atomic E-state index is 0.00962. The molecule has 4 rings (SSSR count). The number of benzene rings is 2.